The van der Waals surface area contributed by atoms with Crippen LogP contribution >= 0.6 is 0 Å². The van der Waals surface area contributed by atoms with E-state index in [9.17, 15) is 23.7 Å². The normalized spacial score (nSPS) is 14.4. The summed E-state index contributed by atoms with van der Waals surface area (Å²) in [5.41, 5.74) is 2.57. The number of nitrogens with zero attached hydrogens (tertiary/aromatic N) is 3. The fourth-order valence-electron chi connectivity index (χ4n) is 4.17. The van der Waals surface area contributed by atoms with Gasteiger partial charge in [0.15, 0.2) is 5.76 Å². The predicted molar refractivity (Wildman–Crippen MR) is 162 cm³/mol. The first-order chi connectivity index (χ1) is 20.7. The number of aryl methyl sites for hydroxylation is 1. The van der Waals surface area contributed by atoms with Gasteiger partial charge in [-0.05, 0) is 44.2 Å². The molecule has 4 rings (SSSR count). The van der Waals surface area contributed by atoms with E-state index >= 15 is 0 Å². The standard InChI is InChI=1S/C30H33N5O7S/c1-3-41-26(36)9-11-32-30(39)35-12-15-43(40,16-13-35)34-28(37)24-17-23(19-31-20-24)8-7-22-5-4-6-25(18-22)33-29(38)27-21(2)10-14-42-27/h4-6,10,14,17-20,43H,3,9,11-13,15-16H2,1-2H3,(H,32,39)(H,33,38)(H,34,37,40). The van der Waals surface area contributed by atoms with Gasteiger partial charge in [0.25, 0.3) is 11.8 Å². The zero-order valence-electron chi connectivity index (χ0n) is 23.8. The number of carbonyl (C=O) groups excluding carboxylic acids is 4. The van der Waals surface area contributed by atoms with E-state index in [0.29, 0.717) is 16.8 Å². The molecule has 0 radical (unpaired) electrons. The summed E-state index contributed by atoms with van der Waals surface area (Å²) in [4.78, 5) is 54.8. The van der Waals surface area contributed by atoms with Gasteiger partial charge in [-0.1, -0.05) is 28.0 Å². The van der Waals surface area contributed by atoms with Gasteiger partial charge in [0.05, 0.1) is 24.9 Å². The Morgan fingerprint density at radius 1 is 1.12 bits per heavy atom. The number of hydrogen-bond acceptors (Lipinski definition) is 7. The lowest BCUT2D eigenvalue weighted by molar-refractivity contribution is -0.142. The number of esters is 1. The molecular formula is C30H33N5O7S. The van der Waals surface area contributed by atoms with Crippen molar-refractivity contribution in [3.63, 3.8) is 0 Å². The highest BCUT2D eigenvalue weighted by molar-refractivity contribution is 8.00. The van der Waals surface area contributed by atoms with Crippen molar-refractivity contribution in [3.05, 3.63) is 83.1 Å². The molecule has 2 aromatic heterocycles. The van der Waals surface area contributed by atoms with Gasteiger partial charge < -0.3 is 29.2 Å². The predicted octanol–water partition coefficient (Wildman–Crippen LogP) is 3.30. The lowest BCUT2D eigenvalue weighted by Gasteiger charge is -2.35. The lowest BCUT2D eigenvalue weighted by atomic mass is 10.1. The first-order valence-corrected chi connectivity index (χ1v) is 15.7. The van der Waals surface area contributed by atoms with Gasteiger partial charge >= 0.3 is 12.0 Å². The summed E-state index contributed by atoms with van der Waals surface area (Å²) < 4.78 is 25.2. The Morgan fingerprint density at radius 2 is 1.88 bits per heavy atom. The van der Waals surface area contributed by atoms with Crippen molar-refractivity contribution >= 4 is 39.6 Å². The molecule has 3 heterocycles. The average Bonchev–Trinajstić information content (AvgIpc) is 3.42. The Kier molecular flexibility index (Phi) is 10.4. The molecule has 0 spiro atoms. The van der Waals surface area contributed by atoms with Crippen LogP contribution in [-0.4, -0.2) is 76.0 Å². The largest absolute Gasteiger partial charge is 0.466 e. The van der Waals surface area contributed by atoms with Crippen LogP contribution < -0.4 is 10.6 Å². The van der Waals surface area contributed by atoms with Gasteiger partial charge in [0, 0.05) is 65.9 Å². The summed E-state index contributed by atoms with van der Waals surface area (Å²) in [6.45, 7) is 4.39. The number of furan rings is 1. The second kappa shape index (κ2) is 14.4. The fourth-order valence-corrected chi connectivity index (χ4v) is 6.17. The SMILES string of the molecule is CCOC(=O)CCNC(=O)N1CC[SH](O)(=NC(=O)c2cncc(C#Cc3cccc(NC(=O)c4occc4C)c3)c2)CC1. The molecule has 1 fully saturated rings. The van der Waals surface area contributed by atoms with E-state index in [1.807, 2.05) is 0 Å². The summed E-state index contributed by atoms with van der Waals surface area (Å²) >= 11 is 0. The zero-order valence-corrected chi connectivity index (χ0v) is 24.7. The van der Waals surface area contributed by atoms with E-state index in [1.165, 1.54) is 23.6 Å². The number of hydrogen-bond donors (Lipinski definition) is 4. The molecular weight excluding hydrogens is 574 g/mol. The number of amides is 4. The minimum absolute atomic E-state index is 0.0719. The number of rotatable bonds is 7. The summed E-state index contributed by atoms with van der Waals surface area (Å²) in [7, 11) is -2.95. The van der Waals surface area contributed by atoms with E-state index in [-0.39, 0.29) is 73.4 Å². The summed E-state index contributed by atoms with van der Waals surface area (Å²) in [6, 6.07) is 9.91. The monoisotopic (exact) mass is 607 g/mol. The first-order valence-electron chi connectivity index (χ1n) is 13.6. The summed E-state index contributed by atoms with van der Waals surface area (Å²) in [5, 5.41) is 5.44. The number of anilines is 1. The molecule has 0 atom stereocenters. The quantitative estimate of drug-likeness (QED) is 0.181. The van der Waals surface area contributed by atoms with Crippen molar-refractivity contribution in [2.75, 3.05) is 43.1 Å². The number of urea groups is 1. The third-order valence-electron chi connectivity index (χ3n) is 6.46. The highest BCUT2D eigenvalue weighted by atomic mass is 32.3. The molecule has 43 heavy (non-hydrogen) atoms. The maximum atomic E-state index is 12.9. The third kappa shape index (κ3) is 8.84. The molecule has 0 bridgehead atoms. The van der Waals surface area contributed by atoms with E-state index in [1.54, 1.807) is 50.2 Å². The summed E-state index contributed by atoms with van der Waals surface area (Å²) in [5.74, 6) is 5.22. The van der Waals surface area contributed by atoms with Crippen LogP contribution in [0.4, 0.5) is 10.5 Å². The van der Waals surface area contributed by atoms with Gasteiger partial charge in [-0.2, -0.15) is 4.36 Å². The van der Waals surface area contributed by atoms with E-state index in [0.717, 1.165) is 5.56 Å². The van der Waals surface area contributed by atoms with Crippen molar-refractivity contribution in [1.29, 1.82) is 0 Å². The number of thiol groups is 1. The van der Waals surface area contributed by atoms with Crippen LogP contribution in [0, 0.1) is 18.8 Å². The highest BCUT2D eigenvalue weighted by Crippen LogP contribution is 2.17. The minimum atomic E-state index is -2.95. The molecule has 12 nitrogen and oxygen atoms in total. The van der Waals surface area contributed by atoms with Crippen molar-refractivity contribution < 1.29 is 32.9 Å². The minimum Gasteiger partial charge on any atom is -0.466 e. The smallest absolute Gasteiger partial charge is 0.317 e. The molecule has 226 valence electrons. The molecule has 4 amide bonds. The molecule has 13 heteroatoms. The molecule has 1 aromatic carbocycles. The average molecular weight is 608 g/mol. The Bertz CT molecular complexity index is 1630. The molecule has 0 unspecified atom stereocenters. The fraction of sp³-hybridized carbons (Fsp3) is 0.300. The van der Waals surface area contributed by atoms with Crippen molar-refractivity contribution in [2.45, 2.75) is 20.3 Å². The lowest BCUT2D eigenvalue weighted by Crippen LogP contribution is -2.50. The topological polar surface area (TPSA) is 163 Å². The Hall–Kier alpha value is -4.80. The molecule has 3 N–H and O–H groups in total. The van der Waals surface area contributed by atoms with Gasteiger partial charge in [0.1, 0.15) is 0 Å². The zero-order chi connectivity index (χ0) is 30.8. The van der Waals surface area contributed by atoms with Crippen LogP contribution in [0.25, 0.3) is 0 Å². The second-order valence-electron chi connectivity index (χ2n) is 9.69. The third-order valence-corrected chi connectivity index (χ3v) is 8.84. The van der Waals surface area contributed by atoms with Crippen LogP contribution in [0.5, 0.6) is 0 Å². The number of pyridine rings is 1. The number of ether oxygens (including phenoxy) is 1. The highest BCUT2D eigenvalue weighted by Gasteiger charge is 2.25. The van der Waals surface area contributed by atoms with Crippen LogP contribution in [0.1, 0.15) is 50.9 Å². The van der Waals surface area contributed by atoms with Crippen molar-refractivity contribution in [1.82, 2.24) is 15.2 Å². The Labute approximate surface area is 250 Å². The molecule has 0 aliphatic carbocycles. The van der Waals surface area contributed by atoms with Crippen LogP contribution in [-0.2, 0) is 19.6 Å². The maximum absolute atomic E-state index is 12.9. The number of benzene rings is 1. The van der Waals surface area contributed by atoms with Crippen LogP contribution in [0.15, 0.2) is 63.8 Å². The molecule has 3 aromatic rings. The molecule has 0 saturated carbocycles. The molecule has 1 saturated heterocycles. The van der Waals surface area contributed by atoms with Gasteiger partial charge in [-0.15, -0.1) is 0 Å². The number of carbonyl (C=O) groups is 4. The summed E-state index contributed by atoms with van der Waals surface area (Å²) in [6.07, 6.45) is 4.40. The van der Waals surface area contributed by atoms with Gasteiger partial charge in [-0.25, -0.2) is 4.79 Å². The van der Waals surface area contributed by atoms with Crippen LogP contribution in [0.2, 0.25) is 0 Å². The van der Waals surface area contributed by atoms with Crippen LogP contribution in [0.3, 0.4) is 0 Å². The van der Waals surface area contributed by atoms with Gasteiger partial charge in [0.2, 0.25) is 0 Å². The first kappa shape index (κ1) is 31.1. The van der Waals surface area contributed by atoms with Crippen molar-refractivity contribution in [2.24, 2.45) is 4.36 Å². The van der Waals surface area contributed by atoms with Gasteiger partial charge in [-0.3, -0.25) is 19.4 Å². The second-order valence-corrected chi connectivity index (χ2v) is 12.5. The molecule has 1 aliphatic heterocycles. The number of aromatic nitrogens is 1. The molecule has 1 aliphatic rings. The van der Waals surface area contributed by atoms with E-state index < -0.39 is 16.0 Å². The number of nitrogens with one attached hydrogen (secondary N) is 2. The van der Waals surface area contributed by atoms with Crippen molar-refractivity contribution in [3.8, 4) is 11.8 Å². The Morgan fingerprint density at radius 3 is 2.60 bits per heavy atom. The van der Waals surface area contributed by atoms with E-state index in [2.05, 4.69) is 31.8 Å². The Balaban J connectivity index is 1.35. The maximum Gasteiger partial charge on any atom is 0.317 e. The van der Waals surface area contributed by atoms with E-state index in [4.69, 9.17) is 9.15 Å².